The third-order valence-corrected chi connectivity index (χ3v) is 0.957. The van der Waals surface area contributed by atoms with Gasteiger partial charge in [0, 0.05) is 0 Å². The zero-order valence-electron chi connectivity index (χ0n) is 9.22. The average Bonchev–Trinajstić information content (AvgIpc) is 1.94. The van der Waals surface area contributed by atoms with Crippen molar-refractivity contribution < 1.29 is 29.4 Å². The molecule has 10 heteroatoms. The lowest BCUT2D eigenvalue weighted by Crippen LogP contribution is -1.66. The van der Waals surface area contributed by atoms with Gasteiger partial charge in [0.2, 0.25) is 0 Å². The maximum Gasteiger partial charge on any atom is 0.319 e. The van der Waals surface area contributed by atoms with Crippen molar-refractivity contribution in [1.29, 1.82) is 0 Å². The van der Waals surface area contributed by atoms with Crippen LogP contribution in [0.3, 0.4) is 0 Å². The molecular weight excluding hydrogens is 318 g/mol. The molecule has 0 bridgehead atoms. The Kier molecular flexibility index (Phi) is 31.6. The summed E-state index contributed by atoms with van der Waals surface area (Å²) in [6, 6.07) is 0. The fraction of sp³-hybridized carbons (Fsp3) is 1.00. The predicted octanol–water partition coefficient (Wildman–Crippen LogP) is 2.23. The molecular formula is C8H28O6P2S2. The molecule has 0 spiro atoms. The monoisotopic (exact) mass is 346 g/mol. The minimum Gasteiger partial charge on any atom is -0.325 e. The molecule has 0 atom stereocenters. The molecule has 0 aliphatic rings. The summed E-state index contributed by atoms with van der Waals surface area (Å²) in [6.45, 7) is -3.15. The van der Waals surface area contributed by atoms with Crippen molar-refractivity contribution in [1.82, 2.24) is 0 Å². The molecule has 0 aliphatic carbocycles. The molecule has 0 unspecified atom stereocenters. The maximum absolute atomic E-state index is 7.56. The fourth-order valence-corrected chi connectivity index (χ4v) is 0.500. The standard InChI is InChI=1S/C6H14.2CH4.2H3O3PS/c1-3-5-6-4-2;;;2*1-4(2,3)5/h3-6H2,1-2H3;2*1H4;2*(H3,1,2,3,5). The lowest BCUT2D eigenvalue weighted by Gasteiger charge is -1.88. The molecule has 118 valence electrons. The van der Waals surface area contributed by atoms with E-state index in [2.05, 4.69) is 37.5 Å². The van der Waals surface area contributed by atoms with Crippen LogP contribution in [0.1, 0.15) is 54.4 Å². The van der Waals surface area contributed by atoms with Gasteiger partial charge in [-0.15, -0.1) is 0 Å². The summed E-state index contributed by atoms with van der Waals surface area (Å²) in [5.74, 6) is 0. The van der Waals surface area contributed by atoms with Crippen molar-refractivity contribution in [3.05, 3.63) is 0 Å². The van der Waals surface area contributed by atoms with Gasteiger partial charge in [0.1, 0.15) is 0 Å². The third kappa shape index (κ3) is 267. The lowest BCUT2D eigenvalue weighted by molar-refractivity contribution is 0.361. The van der Waals surface area contributed by atoms with E-state index in [1.807, 2.05) is 0 Å². The van der Waals surface area contributed by atoms with Crippen LogP contribution in [0.4, 0.5) is 0 Å². The Bertz CT molecular complexity index is 187. The zero-order valence-corrected chi connectivity index (χ0v) is 12.6. The first-order chi connectivity index (χ1) is 6.91. The van der Waals surface area contributed by atoms with Crippen LogP contribution in [0.15, 0.2) is 0 Å². The number of rotatable bonds is 3. The second kappa shape index (κ2) is 18.1. The van der Waals surface area contributed by atoms with E-state index in [1.54, 1.807) is 0 Å². The quantitative estimate of drug-likeness (QED) is 0.340. The van der Waals surface area contributed by atoms with E-state index in [1.165, 1.54) is 25.7 Å². The Labute approximate surface area is 121 Å². The van der Waals surface area contributed by atoms with E-state index in [9.17, 15) is 0 Å². The first-order valence-electron chi connectivity index (χ1n) is 4.48. The molecule has 0 saturated heterocycles. The number of hydrogen-bond acceptors (Lipinski definition) is 2. The highest BCUT2D eigenvalue weighted by Gasteiger charge is 1.92. The first-order valence-corrected chi connectivity index (χ1v) is 9.80. The van der Waals surface area contributed by atoms with Crippen LogP contribution >= 0.6 is 13.4 Å². The molecule has 0 aliphatic heterocycles. The van der Waals surface area contributed by atoms with Crippen molar-refractivity contribution in [3.63, 3.8) is 0 Å². The molecule has 6 N–H and O–H groups in total. The van der Waals surface area contributed by atoms with Crippen LogP contribution in [0.2, 0.25) is 0 Å². The lowest BCUT2D eigenvalue weighted by atomic mass is 10.2. The average molecular weight is 346 g/mol. The predicted molar refractivity (Wildman–Crippen MR) is 85.2 cm³/mol. The van der Waals surface area contributed by atoms with E-state index >= 15 is 0 Å². The molecule has 0 radical (unpaired) electrons. The van der Waals surface area contributed by atoms with Gasteiger partial charge in [-0.25, -0.2) is 0 Å². The van der Waals surface area contributed by atoms with E-state index < -0.39 is 13.4 Å². The van der Waals surface area contributed by atoms with Crippen LogP contribution < -0.4 is 0 Å². The Hall–Kier alpha value is 1.06. The second-order valence-corrected chi connectivity index (χ2v) is 7.73. The molecule has 0 heterocycles. The summed E-state index contributed by atoms with van der Waals surface area (Å²) >= 11 is 7.21. The summed E-state index contributed by atoms with van der Waals surface area (Å²) in [6.07, 6.45) is 5.54. The van der Waals surface area contributed by atoms with Gasteiger partial charge in [0.15, 0.2) is 0 Å². The van der Waals surface area contributed by atoms with Crippen molar-refractivity contribution in [2.45, 2.75) is 54.4 Å². The Balaban J connectivity index is -0.0000000447. The molecule has 0 rings (SSSR count). The van der Waals surface area contributed by atoms with Crippen LogP contribution in [0.5, 0.6) is 0 Å². The maximum atomic E-state index is 7.56. The highest BCUT2D eigenvalue weighted by Crippen LogP contribution is 2.26. The van der Waals surface area contributed by atoms with Crippen LogP contribution in [0, 0.1) is 0 Å². The third-order valence-electron chi connectivity index (χ3n) is 0.957. The van der Waals surface area contributed by atoms with E-state index in [-0.39, 0.29) is 14.9 Å². The minimum atomic E-state index is -3.81. The van der Waals surface area contributed by atoms with E-state index in [4.69, 9.17) is 29.4 Å². The van der Waals surface area contributed by atoms with Crippen molar-refractivity contribution in [2.24, 2.45) is 0 Å². The van der Waals surface area contributed by atoms with Gasteiger partial charge >= 0.3 is 13.4 Å². The van der Waals surface area contributed by atoms with Crippen LogP contribution in [0.25, 0.3) is 0 Å². The second-order valence-electron chi connectivity index (χ2n) is 2.73. The summed E-state index contributed by atoms with van der Waals surface area (Å²) < 4.78 is 0. The molecule has 6 nitrogen and oxygen atoms in total. The summed E-state index contributed by atoms with van der Waals surface area (Å²) in [5, 5.41) is 0. The van der Waals surface area contributed by atoms with Crippen molar-refractivity contribution in [2.75, 3.05) is 0 Å². The summed E-state index contributed by atoms with van der Waals surface area (Å²) in [5.41, 5.74) is 0. The summed E-state index contributed by atoms with van der Waals surface area (Å²) in [4.78, 5) is 45.3. The first kappa shape index (κ1) is 31.4. The molecule has 18 heavy (non-hydrogen) atoms. The molecule has 0 aromatic heterocycles. The Morgan fingerprint density at radius 2 is 0.778 bits per heavy atom. The van der Waals surface area contributed by atoms with Gasteiger partial charge in [0.05, 0.1) is 0 Å². The Morgan fingerprint density at radius 1 is 0.667 bits per heavy atom. The van der Waals surface area contributed by atoms with Gasteiger partial charge < -0.3 is 29.4 Å². The van der Waals surface area contributed by atoms with E-state index in [0.717, 1.165) is 0 Å². The van der Waals surface area contributed by atoms with Gasteiger partial charge in [-0.2, -0.15) is 0 Å². The molecule has 0 saturated carbocycles. The van der Waals surface area contributed by atoms with E-state index in [0.29, 0.717) is 0 Å². The highest BCUT2D eigenvalue weighted by atomic mass is 32.5. The highest BCUT2D eigenvalue weighted by molar-refractivity contribution is 8.06. The largest absolute Gasteiger partial charge is 0.325 e. The fourth-order valence-electron chi connectivity index (χ4n) is 0.500. The normalized spacial score (nSPS) is 9.56. The van der Waals surface area contributed by atoms with Gasteiger partial charge in [-0.05, 0) is 23.6 Å². The molecule has 0 fully saturated rings. The topological polar surface area (TPSA) is 121 Å². The molecule has 0 aromatic carbocycles. The van der Waals surface area contributed by atoms with Crippen LogP contribution in [-0.4, -0.2) is 29.4 Å². The number of unbranched alkanes of at least 4 members (excludes halogenated alkanes) is 3. The minimum absolute atomic E-state index is 0. The molecule has 0 aromatic rings. The van der Waals surface area contributed by atoms with Gasteiger partial charge in [-0.1, -0.05) is 54.4 Å². The number of hydrogen-bond donors (Lipinski definition) is 6. The van der Waals surface area contributed by atoms with Crippen molar-refractivity contribution >= 4 is 37.1 Å². The zero-order chi connectivity index (χ0) is 13.8. The SMILES string of the molecule is C.C.CCCCCC.OP(O)(O)=S.OP(O)(O)=S. The van der Waals surface area contributed by atoms with Gasteiger partial charge in [-0.3, -0.25) is 0 Å². The molecule has 0 amide bonds. The smallest absolute Gasteiger partial charge is 0.319 e. The van der Waals surface area contributed by atoms with Crippen LogP contribution in [-0.2, 0) is 23.6 Å². The van der Waals surface area contributed by atoms with Gasteiger partial charge in [0.25, 0.3) is 0 Å². The summed E-state index contributed by atoms with van der Waals surface area (Å²) in [7, 11) is 0. The Morgan fingerprint density at radius 3 is 0.833 bits per heavy atom. The van der Waals surface area contributed by atoms with Crippen molar-refractivity contribution in [3.8, 4) is 0 Å².